The van der Waals surface area contributed by atoms with Gasteiger partial charge in [-0.15, -0.1) is 0 Å². The van der Waals surface area contributed by atoms with Crippen LogP contribution in [0.2, 0.25) is 0 Å². The highest BCUT2D eigenvalue weighted by Gasteiger charge is 2.29. The molecule has 1 N–H and O–H groups in total. The van der Waals surface area contributed by atoms with E-state index >= 15 is 0 Å². The molecule has 0 bridgehead atoms. The molecule has 1 saturated carbocycles. The molecule has 108 valence electrons. The Labute approximate surface area is 119 Å². The minimum absolute atomic E-state index is 0.169. The lowest BCUT2D eigenvalue weighted by Crippen LogP contribution is -2.37. The first-order valence-electron chi connectivity index (χ1n) is 7.01. The standard InChI is InChI=1S/C16H21NO3/c1-10-4-7-14(11(2)8-10)16(19)20-9-15(18)17-12(3)13-5-6-13/h4,7-8,12-13H,5-6,9H2,1-3H3,(H,17,18)/t12-/m0/s1. The van der Waals surface area contributed by atoms with Crippen molar-refractivity contribution in [2.24, 2.45) is 5.92 Å². The van der Waals surface area contributed by atoms with E-state index in [1.807, 2.05) is 32.9 Å². The van der Waals surface area contributed by atoms with E-state index in [9.17, 15) is 9.59 Å². The van der Waals surface area contributed by atoms with Crippen molar-refractivity contribution in [2.75, 3.05) is 6.61 Å². The lowest BCUT2D eigenvalue weighted by atomic mass is 10.1. The fraction of sp³-hybridized carbons (Fsp3) is 0.500. The number of amides is 1. The van der Waals surface area contributed by atoms with E-state index in [4.69, 9.17) is 4.74 Å². The predicted molar refractivity (Wildman–Crippen MR) is 76.5 cm³/mol. The summed E-state index contributed by atoms with van der Waals surface area (Å²) in [5.41, 5.74) is 2.47. The van der Waals surface area contributed by atoms with Crippen LogP contribution < -0.4 is 5.32 Å². The van der Waals surface area contributed by atoms with Gasteiger partial charge in [-0.3, -0.25) is 4.79 Å². The Morgan fingerprint density at radius 3 is 2.65 bits per heavy atom. The number of hydrogen-bond acceptors (Lipinski definition) is 3. The van der Waals surface area contributed by atoms with Gasteiger partial charge in [-0.05, 0) is 51.2 Å². The molecule has 2 rings (SSSR count). The van der Waals surface area contributed by atoms with Gasteiger partial charge in [0.05, 0.1) is 5.56 Å². The van der Waals surface area contributed by atoms with Crippen LogP contribution in [0, 0.1) is 19.8 Å². The van der Waals surface area contributed by atoms with Crippen LogP contribution in [-0.4, -0.2) is 24.5 Å². The molecule has 4 heteroatoms. The Morgan fingerprint density at radius 2 is 2.05 bits per heavy atom. The van der Waals surface area contributed by atoms with Crippen LogP contribution in [0.4, 0.5) is 0 Å². The molecule has 1 aliphatic carbocycles. The number of esters is 1. The summed E-state index contributed by atoms with van der Waals surface area (Å²) >= 11 is 0. The summed E-state index contributed by atoms with van der Waals surface area (Å²) in [7, 11) is 0. The van der Waals surface area contributed by atoms with Crippen molar-refractivity contribution < 1.29 is 14.3 Å². The van der Waals surface area contributed by atoms with Crippen LogP contribution in [0.5, 0.6) is 0 Å². The SMILES string of the molecule is Cc1ccc(C(=O)OCC(=O)N[C@@H](C)C2CC2)c(C)c1. The Bertz CT molecular complexity index is 520. The third kappa shape index (κ3) is 3.83. The van der Waals surface area contributed by atoms with Gasteiger partial charge in [0, 0.05) is 6.04 Å². The van der Waals surface area contributed by atoms with Crippen molar-refractivity contribution in [2.45, 2.75) is 39.7 Å². The average molecular weight is 275 g/mol. The molecule has 1 atom stereocenters. The summed E-state index contributed by atoms with van der Waals surface area (Å²) in [6, 6.07) is 5.69. The molecule has 0 spiro atoms. The van der Waals surface area contributed by atoms with E-state index < -0.39 is 5.97 Å². The summed E-state index contributed by atoms with van der Waals surface area (Å²) < 4.78 is 5.06. The van der Waals surface area contributed by atoms with Gasteiger partial charge in [-0.1, -0.05) is 17.7 Å². The first-order valence-corrected chi connectivity index (χ1v) is 7.01. The van der Waals surface area contributed by atoms with Gasteiger partial charge in [-0.2, -0.15) is 0 Å². The second-order valence-corrected chi connectivity index (χ2v) is 5.59. The number of carbonyl (C=O) groups excluding carboxylic acids is 2. The molecule has 0 unspecified atom stereocenters. The molecule has 1 amide bonds. The highest BCUT2D eigenvalue weighted by atomic mass is 16.5. The molecule has 0 aliphatic heterocycles. The van der Waals surface area contributed by atoms with E-state index in [2.05, 4.69) is 5.32 Å². The first kappa shape index (κ1) is 14.6. The summed E-state index contributed by atoms with van der Waals surface area (Å²) in [4.78, 5) is 23.6. The Morgan fingerprint density at radius 1 is 1.35 bits per heavy atom. The monoisotopic (exact) mass is 275 g/mol. The second kappa shape index (κ2) is 6.07. The van der Waals surface area contributed by atoms with Crippen LogP contribution in [0.1, 0.15) is 41.3 Å². The van der Waals surface area contributed by atoms with Crippen LogP contribution in [-0.2, 0) is 9.53 Å². The van der Waals surface area contributed by atoms with Crippen molar-refractivity contribution in [3.8, 4) is 0 Å². The fourth-order valence-corrected chi connectivity index (χ4v) is 2.26. The Kier molecular flexibility index (Phi) is 4.42. The smallest absolute Gasteiger partial charge is 0.338 e. The first-order chi connectivity index (χ1) is 9.47. The molecule has 0 radical (unpaired) electrons. The summed E-state index contributed by atoms with van der Waals surface area (Å²) in [6.45, 7) is 5.60. The lowest BCUT2D eigenvalue weighted by Gasteiger charge is -2.13. The molecule has 1 aromatic rings. The summed E-state index contributed by atoms with van der Waals surface area (Å²) in [5.74, 6) is -0.0896. The van der Waals surface area contributed by atoms with E-state index in [0.717, 1.165) is 11.1 Å². The molecular weight excluding hydrogens is 254 g/mol. The molecule has 1 aliphatic rings. The molecule has 0 heterocycles. The zero-order chi connectivity index (χ0) is 14.7. The minimum Gasteiger partial charge on any atom is -0.452 e. The molecule has 0 saturated heterocycles. The van der Waals surface area contributed by atoms with Crippen LogP contribution in [0.3, 0.4) is 0 Å². The molecule has 1 fully saturated rings. The van der Waals surface area contributed by atoms with E-state index in [1.54, 1.807) is 6.07 Å². The number of carbonyl (C=O) groups is 2. The predicted octanol–water partition coefficient (Wildman–Crippen LogP) is 2.37. The van der Waals surface area contributed by atoms with Crippen LogP contribution in [0.25, 0.3) is 0 Å². The third-order valence-electron chi connectivity index (χ3n) is 3.65. The zero-order valence-corrected chi connectivity index (χ0v) is 12.2. The zero-order valence-electron chi connectivity index (χ0n) is 12.2. The van der Waals surface area contributed by atoms with E-state index in [1.165, 1.54) is 12.8 Å². The maximum Gasteiger partial charge on any atom is 0.338 e. The maximum atomic E-state index is 11.9. The van der Waals surface area contributed by atoms with Crippen LogP contribution in [0.15, 0.2) is 18.2 Å². The number of benzene rings is 1. The third-order valence-corrected chi connectivity index (χ3v) is 3.65. The van der Waals surface area contributed by atoms with Gasteiger partial charge in [0.15, 0.2) is 6.61 Å². The van der Waals surface area contributed by atoms with Gasteiger partial charge in [0.25, 0.3) is 5.91 Å². The van der Waals surface area contributed by atoms with Crippen molar-refractivity contribution in [3.05, 3.63) is 34.9 Å². The summed E-state index contributed by atoms with van der Waals surface area (Å²) in [6.07, 6.45) is 2.34. The Balaban J connectivity index is 1.83. The van der Waals surface area contributed by atoms with Gasteiger partial charge >= 0.3 is 5.97 Å². The largest absolute Gasteiger partial charge is 0.452 e. The van der Waals surface area contributed by atoms with Crippen molar-refractivity contribution in [1.29, 1.82) is 0 Å². The summed E-state index contributed by atoms with van der Waals surface area (Å²) in [5, 5.41) is 2.86. The highest BCUT2D eigenvalue weighted by molar-refractivity contribution is 5.92. The van der Waals surface area contributed by atoms with E-state index in [-0.39, 0.29) is 18.6 Å². The molecule has 4 nitrogen and oxygen atoms in total. The molecular formula is C16H21NO3. The van der Waals surface area contributed by atoms with Crippen molar-refractivity contribution >= 4 is 11.9 Å². The number of aryl methyl sites for hydroxylation is 2. The maximum absolute atomic E-state index is 11.9. The van der Waals surface area contributed by atoms with Gasteiger partial charge in [-0.25, -0.2) is 4.79 Å². The van der Waals surface area contributed by atoms with Crippen molar-refractivity contribution in [3.63, 3.8) is 0 Å². The molecule has 1 aromatic carbocycles. The molecule has 20 heavy (non-hydrogen) atoms. The minimum atomic E-state index is -0.447. The van der Waals surface area contributed by atoms with Crippen LogP contribution >= 0.6 is 0 Å². The van der Waals surface area contributed by atoms with Gasteiger partial charge in [0.1, 0.15) is 0 Å². The average Bonchev–Trinajstić information content (AvgIpc) is 3.20. The topological polar surface area (TPSA) is 55.4 Å². The number of hydrogen-bond donors (Lipinski definition) is 1. The van der Waals surface area contributed by atoms with Crippen molar-refractivity contribution in [1.82, 2.24) is 5.32 Å². The van der Waals surface area contributed by atoms with E-state index in [0.29, 0.717) is 11.5 Å². The normalized spacial score (nSPS) is 15.6. The van der Waals surface area contributed by atoms with Gasteiger partial charge < -0.3 is 10.1 Å². The highest BCUT2D eigenvalue weighted by Crippen LogP contribution is 2.32. The van der Waals surface area contributed by atoms with Gasteiger partial charge in [0.2, 0.25) is 0 Å². The Hall–Kier alpha value is -1.84. The number of ether oxygens (including phenoxy) is 1. The number of nitrogens with one attached hydrogen (secondary N) is 1. The second-order valence-electron chi connectivity index (χ2n) is 5.59. The lowest BCUT2D eigenvalue weighted by molar-refractivity contribution is -0.124. The number of rotatable bonds is 5. The quantitative estimate of drug-likeness (QED) is 0.839. The fourth-order valence-electron chi connectivity index (χ4n) is 2.26. The molecule has 0 aromatic heterocycles.